The monoisotopic (exact) mass is 475 g/mol. The maximum Gasteiger partial charge on any atom is 0.199 e. The average Bonchev–Trinajstić information content (AvgIpc) is 2.92. The van der Waals surface area contributed by atoms with Crippen LogP contribution in [0.15, 0.2) is 78.9 Å². The molecule has 0 aromatic heterocycles. The van der Waals surface area contributed by atoms with E-state index in [9.17, 15) is 5.11 Å². The topological polar surface area (TPSA) is 60.0 Å². The number of aliphatic hydroxyl groups is 1. The average molecular weight is 476 g/mol. The van der Waals surface area contributed by atoms with Crippen LogP contribution < -0.4 is 14.8 Å². The molecule has 5 heteroatoms. The summed E-state index contributed by atoms with van der Waals surface area (Å²) < 4.78 is 17.6. The van der Waals surface area contributed by atoms with Crippen molar-refractivity contribution in [1.82, 2.24) is 5.32 Å². The van der Waals surface area contributed by atoms with Crippen LogP contribution in [-0.4, -0.2) is 37.7 Å². The smallest absolute Gasteiger partial charge is 0.199 e. The van der Waals surface area contributed by atoms with Gasteiger partial charge in [0.15, 0.2) is 6.29 Å². The van der Waals surface area contributed by atoms with E-state index in [0.29, 0.717) is 6.61 Å². The molecule has 4 rings (SSSR count). The zero-order chi connectivity index (χ0) is 24.5. The van der Waals surface area contributed by atoms with E-state index in [1.54, 1.807) is 0 Å². The molecule has 1 saturated heterocycles. The van der Waals surface area contributed by atoms with Crippen LogP contribution in [-0.2, 0) is 10.3 Å². The highest BCUT2D eigenvalue weighted by Gasteiger charge is 2.38. The van der Waals surface area contributed by atoms with Gasteiger partial charge in [-0.15, -0.1) is 0 Å². The Kier molecular flexibility index (Phi) is 8.80. The van der Waals surface area contributed by atoms with Crippen molar-refractivity contribution < 1.29 is 19.3 Å². The predicted molar refractivity (Wildman–Crippen MR) is 139 cm³/mol. The largest absolute Gasteiger partial charge is 0.492 e. The van der Waals surface area contributed by atoms with Gasteiger partial charge in [0.1, 0.15) is 23.7 Å². The highest BCUT2D eigenvalue weighted by molar-refractivity contribution is 5.44. The third kappa shape index (κ3) is 6.23. The first-order chi connectivity index (χ1) is 17.1. The molecule has 0 bridgehead atoms. The van der Waals surface area contributed by atoms with Crippen LogP contribution in [0.1, 0.15) is 55.7 Å². The molecule has 0 radical (unpaired) electrons. The lowest BCUT2D eigenvalue weighted by Crippen LogP contribution is -2.33. The molecule has 2 N–H and O–H groups in total. The van der Waals surface area contributed by atoms with Crippen molar-refractivity contribution in [3.8, 4) is 11.5 Å². The first kappa shape index (κ1) is 25.2. The number of hydrogen-bond acceptors (Lipinski definition) is 5. The second kappa shape index (κ2) is 12.2. The van der Waals surface area contributed by atoms with Gasteiger partial charge in [0.05, 0.1) is 6.61 Å². The summed E-state index contributed by atoms with van der Waals surface area (Å²) in [5.41, 5.74) is 1.46. The molecule has 0 amide bonds. The van der Waals surface area contributed by atoms with Crippen LogP contribution in [0.4, 0.5) is 0 Å². The molecular weight excluding hydrogens is 438 g/mol. The maximum absolute atomic E-state index is 12.3. The number of hydrogen-bond donors (Lipinski definition) is 2. The van der Waals surface area contributed by atoms with Crippen molar-refractivity contribution in [2.45, 2.75) is 50.9 Å². The Balaban J connectivity index is 1.59. The van der Waals surface area contributed by atoms with Gasteiger partial charge in [-0.1, -0.05) is 68.4 Å². The van der Waals surface area contributed by atoms with Crippen LogP contribution in [0, 0.1) is 0 Å². The van der Waals surface area contributed by atoms with Gasteiger partial charge in [0.25, 0.3) is 0 Å². The second-order valence-electron chi connectivity index (χ2n) is 9.06. The highest BCUT2D eigenvalue weighted by Crippen LogP contribution is 2.43. The van der Waals surface area contributed by atoms with Gasteiger partial charge < -0.3 is 24.6 Å². The Bertz CT molecular complexity index is 1020. The molecule has 3 unspecified atom stereocenters. The molecular formula is C30H37NO4. The first-order valence-electron chi connectivity index (χ1n) is 12.7. The number of ether oxygens (including phenoxy) is 3. The SMILES string of the molecule is CCNCCOc1ccc(C(O)(c2ccc(OC3CCCCO3)cc2)C(C)c2ccccc2)cc1. The molecule has 3 atom stereocenters. The third-order valence-corrected chi connectivity index (χ3v) is 6.72. The molecule has 0 spiro atoms. The first-order valence-corrected chi connectivity index (χ1v) is 12.7. The fourth-order valence-electron chi connectivity index (χ4n) is 4.62. The summed E-state index contributed by atoms with van der Waals surface area (Å²) in [7, 11) is 0. The summed E-state index contributed by atoms with van der Waals surface area (Å²) in [5, 5.41) is 15.6. The normalized spacial score (nSPS) is 18.4. The van der Waals surface area contributed by atoms with Crippen molar-refractivity contribution >= 4 is 0 Å². The molecule has 0 aliphatic carbocycles. The van der Waals surface area contributed by atoms with E-state index >= 15 is 0 Å². The van der Waals surface area contributed by atoms with Gasteiger partial charge in [-0.25, -0.2) is 0 Å². The van der Waals surface area contributed by atoms with Crippen LogP contribution in [0.25, 0.3) is 0 Å². The van der Waals surface area contributed by atoms with E-state index in [-0.39, 0.29) is 12.2 Å². The van der Waals surface area contributed by atoms with Crippen LogP contribution in [0.2, 0.25) is 0 Å². The van der Waals surface area contributed by atoms with Crippen LogP contribution in [0.3, 0.4) is 0 Å². The lowest BCUT2D eigenvalue weighted by Gasteiger charge is -2.36. The Hall–Kier alpha value is -2.86. The van der Waals surface area contributed by atoms with Gasteiger partial charge in [0.2, 0.25) is 0 Å². The lowest BCUT2D eigenvalue weighted by molar-refractivity contribution is -0.105. The second-order valence-corrected chi connectivity index (χ2v) is 9.06. The lowest BCUT2D eigenvalue weighted by atomic mass is 9.74. The summed E-state index contributed by atoms with van der Waals surface area (Å²) in [5.74, 6) is 1.36. The summed E-state index contributed by atoms with van der Waals surface area (Å²) in [6, 6.07) is 25.7. The minimum Gasteiger partial charge on any atom is -0.492 e. The standard InChI is InChI=1S/C30H37NO4/c1-3-31-20-22-33-27-16-12-25(13-17-27)30(32,23(2)24-9-5-4-6-10-24)26-14-18-28(19-15-26)35-29-11-7-8-21-34-29/h4-6,9-10,12-19,23,29,31-32H,3,7-8,11,20-22H2,1-2H3. The molecule has 1 aliphatic heterocycles. The minimum absolute atomic E-state index is 0.183. The Labute approximate surface area is 209 Å². The Morgan fingerprint density at radius 3 is 2.20 bits per heavy atom. The number of benzene rings is 3. The molecule has 3 aromatic carbocycles. The molecule has 35 heavy (non-hydrogen) atoms. The summed E-state index contributed by atoms with van der Waals surface area (Å²) in [4.78, 5) is 0. The zero-order valence-corrected chi connectivity index (χ0v) is 20.8. The third-order valence-electron chi connectivity index (χ3n) is 6.72. The molecule has 5 nitrogen and oxygen atoms in total. The van der Waals surface area contributed by atoms with E-state index in [1.165, 1.54) is 0 Å². The van der Waals surface area contributed by atoms with Crippen molar-refractivity contribution in [2.75, 3.05) is 26.3 Å². The maximum atomic E-state index is 12.3. The minimum atomic E-state index is -1.23. The number of nitrogens with one attached hydrogen (secondary N) is 1. The molecule has 186 valence electrons. The predicted octanol–water partition coefficient (Wildman–Crippen LogP) is 5.62. The van der Waals surface area contributed by atoms with Gasteiger partial charge in [-0.3, -0.25) is 0 Å². The zero-order valence-electron chi connectivity index (χ0n) is 20.8. The summed E-state index contributed by atoms with van der Waals surface area (Å²) in [6.07, 6.45) is 2.91. The van der Waals surface area contributed by atoms with E-state index in [0.717, 1.165) is 67.1 Å². The molecule has 1 heterocycles. The van der Waals surface area contributed by atoms with Gasteiger partial charge >= 0.3 is 0 Å². The molecule has 1 fully saturated rings. The molecule has 3 aromatic rings. The van der Waals surface area contributed by atoms with E-state index < -0.39 is 5.60 Å². The number of rotatable bonds is 11. The van der Waals surface area contributed by atoms with Crippen molar-refractivity contribution in [3.05, 3.63) is 95.6 Å². The fourth-order valence-corrected chi connectivity index (χ4v) is 4.62. The van der Waals surface area contributed by atoms with Crippen molar-refractivity contribution in [1.29, 1.82) is 0 Å². The molecule has 0 saturated carbocycles. The highest BCUT2D eigenvalue weighted by atomic mass is 16.7. The van der Waals surface area contributed by atoms with Crippen molar-refractivity contribution in [3.63, 3.8) is 0 Å². The fraction of sp³-hybridized carbons (Fsp3) is 0.400. The van der Waals surface area contributed by atoms with Gasteiger partial charge in [0, 0.05) is 18.9 Å². The summed E-state index contributed by atoms with van der Waals surface area (Å²) >= 11 is 0. The van der Waals surface area contributed by atoms with Crippen LogP contribution >= 0.6 is 0 Å². The molecule has 1 aliphatic rings. The van der Waals surface area contributed by atoms with Gasteiger partial charge in [-0.2, -0.15) is 0 Å². The van der Waals surface area contributed by atoms with E-state index in [2.05, 4.69) is 31.3 Å². The quantitative estimate of drug-likeness (QED) is 0.353. The van der Waals surface area contributed by atoms with E-state index in [4.69, 9.17) is 14.2 Å². The van der Waals surface area contributed by atoms with Gasteiger partial charge in [-0.05, 0) is 60.3 Å². The Morgan fingerprint density at radius 2 is 1.60 bits per heavy atom. The van der Waals surface area contributed by atoms with E-state index in [1.807, 2.05) is 66.7 Å². The number of likely N-dealkylation sites (N-methyl/N-ethyl adjacent to an activating group) is 1. The van der Waals surface area contributed by atoms with Crippen LogP contribution in [0.5, 0.6) is 11.5 Å². The van der Waals surface area contributed by atoms with Crippen molar-refractivity contribution in [2.24, 2.45) is 0 Å². The summed E-state index contributed by atoms with van der Waals surface area (Å²) in [6.45, 7) is 7.20. The Morgan fingerprint density at radius 1 is 0.943 bits per heavy atom.